The van der Waals surface area contributed by atoms with Gasteiger partial charge in [-0.25, -0.2) is 13.6 Å². The van der Waals surface area contributed by atoms with Crippen molar-refractivity contribution in [3.8, 4) is 5.75 Å². The van der Waals surface area contributed by atoms with Crippen LogP contribution in [0.1, 0.15) is 23.6 Å². The van der Waals surface area contributed by atoms with E-state index in [0.29, 0.717) is 5.75 Å². The molecule has 2 atom stereocenters. The number of urea groups is 1. The first kappa shape index (κ1) is 20.7. The van der Waals surface area contributed by atoms with Crippen LogP contribution >= 0.6 is 0 Å². The van der Waals surface area contributed by atoms with Crippen molar-refractivity contribution in [2.45, 2.75) is 32.4 Å². The van der Waals surface area contributed by atoms with Crippen molar-refractivity contribution in [3.05, 3.63) is 64.7 Å². The Kier molecular flexibility index (Phi) is 5.57. The standard InChI is InChI=1S/C21H22F2N2O4/c1-12-4-5-13(2)18(8-12)29-11-15(26)10-25-19(27)21(3,24-20(25)28)14-6-7-16(22)17(23)9-14/h4-9,15,26H,10-11H2,1-3H3,(H,24,28)/t15-,21-/m1/s1. The smallest absolute Gasteiger partial charge is 0.325 e. The van der Waals surface area contributed by atoms with Gasteiger partial charge in [0, 0.05) is 0 Å². The van der Waals surface area contributed by atoms with Gasteiger partial charge in [0.05, 0.1) is 6.54 Å². The second-order valence-electron chi connectivity index (χ2n) is 7.33. The maximum atomic E-state index is 13.6. The molecule has 1 aliphatic rings. The lowest BCUT2D eigenvalue weighted by Crippen LogP contribution is -2.43. The summed E-state index contributed by atoms with van der Waals surface area (Å²) in [6.07, 6.45) is -1.13. The fourth-order valence-corrected chi connectivity index (χ4v) is 3.18. The predicted octanol–water partition coefficient (Wildman–Crippen LogP) is 2.79. The number of rotatable bonds is 6. The zero-order chi connectivity index (χ0) is 21.3. The topological polar surface area (TPSA) is 78.9 Å². The number of carbonyl (C=O) groups excluding carboxylic acids is 2. The summed E-state index contributed by atoms with van der Waals surface area (Å²) < 4.78 is 32.4. The predicted molar refractivity (Wildman–Crippen MR) is 101 cm³/mol. The van der Waals surface area contributed by atoms with Gasteiger partial charge in [-0.2, -0.15) is 0 Å². The molecule has 0 saturated carbocycles. The summed E-state index contributed by atoms with van der Waals surface area (Å²) in [7, 11) is 0. The molecule has 0 radical (unpaired) electrons. The van der Waals surface area contributed by atoms with Crippen LogP contribution in [-0.4, -0.2) is 41.2 Å². The fourth-order valence-electron chi connectivity index (χ4n) is 3.18. The minimum Gasteiger partial charge on any atom is -0.491 e. The average Bonchev–Trinajstić information content (AvgIpc) is 2.88. The minimum atomic E-state index is -1.56. The third-order valence-electron chi connectivity index (χ3n) is 4.94. The Bertz CT molecular complexity index is 966. The number of ether oxygens (including phenoxy) is 1. The molecular weight excluding hydrogens is 382 g/mol. The van der Waals surface area contributed by atoms with Crippen molar-refractivity contribution in [2.75, 3.05) is 13.2 Å². The Balaban J connectivity index is 1.69. The van der Waals surface area contributed by atoms with Crippen LogP contribution in [0.2, 0.25) is 0 Å². The molecule has 2 aromatic carbocycles. The molecule has 1 saturated heterocycles. The first-order valence-corrected chi connectivity index (χ1v) is 9.09. The van der Waals surface area contributed by atoms with Gasteiger partial charge in [0.25, 0.3) is 5.91 Å². The van der Waals surface area contributed by atoms with Gasteiger partial charge >= 0.3 is 6.03 Å². The average molecular weight is 404 g/mol. The number of aryl methyl sites for hydroxylation is 2. The van der Waals surface area contributed by atoms with Gasteiger partial charge in [0.2, 0.25) is 0 Å². The van der Waals surface area contributed by atoms with Gasteiger partial charge in [0.15, 0.2) is 11.6 Å². The van der Waals surface area contributed by atoms with E-state index in [1.54, 1.807) is 0 Å². The molecule has 0 aromatic heterocycles. The second-order valence-corrected chi connectivity index (χ2v) is 7.33. The summed E-state index contributed by atoms with van der Waals surface area (Å²) in [5.74, 6) is -2.23. The van der Waals surface area contributed by atoms with Gasteiger partial charge in [-0.1, -0.05) is 18.2 Å². The molecule has 0 bridgehead atoms. The van der Waals surface area contributed by atoms with E-state index >= 15 is 0 Å². The van der Waals surface area contributed by atoms with E-state index in [0.717, 1.165) is 28.2 Å². The summed E-state index contributed by atoms with van der Waals surface area (Å²) in [4.78, 5) is 26.0. The van der Waals surface area contributed by atoms with Crippen LogP contribution in [-0.2, 0) is 10.3 Å². The second kappa shape index (κ2) is 7.79. The number of hydrogen-bond acceptors (Lipinski definition) is 4. The van der Waals surface area contributed by atoms with Gasteiger partial charge in [-0.15, -0.1) is 0 Å². The third-order valence-corrected chi connectivity index (χ3v) is 4.94. The van der Waals surface area contributed by atoms with Crippen molar-refractivity contribution in [3.63, 3.8) is 0 Å². The Morgan fingerprint density at radius 3 is 2.55 bits per heavy atom. The van der Waals surface area contributed by atoms with E-state index in [1.807, 2.05) is 32.0 Å². The molecule has 29 heavy (non-hydrogen) atoms. The number of carbonyl (C=O) groups is 2. The molecule has 1 aliphatic heterocycles. The number of aliphatic hydroxyl groups is 1. The van der Waals surface area contributed by atoms with Crippen LogP contribution in [0.4, 0.5) is 13.6 Å². The number of amides is 3. The molecule has 0 aliphatic carbocycles. The van der Waals surface area contributed by atoms with Crippen molar-refractivity contribution in [1.82, 2.24) is 10.2 Å². The van der Waals surface area contributed by atoms with Gasteiger partial charge < -0.3 is 15.2 Å². The van der Waals surface area contributed by atoms with Gasteiger partial charge in [-0.05, 0) is 55.7 Å². The highest BCUT2D eigenvalue weighted by molar-refractivity contribution is 6.07. The first-order valence-electron chi connectivity index (χ1n) is 9.09. The lowest BCUT2D eigenvalue weighted by Gasteiger charge is -2.23. The number of halogens is 2. The van der Waals surface area contributed by atoms with Crippen molar-refractivity contribution in [2.24, 2.45) is 0 Å². The number of benzene rings is 2. The largest absolute Gasteiger partial charge is 0.491 e. The zero-order valence-electron chi connectivity index (χ0n) is 16.3. The molecule has 3 rings (SSSR count). The molecule has 2 aromatic rings. The molecule has 6 nitrogen and oxygen atoms in total. The highest BCUT2D eigenvalue weighted by Gasteiger charge is 2.49. The molecular formula is C21H22F2N2O4. The highest BCUT2D eigenvalue weighted by Crippen LogP contribution is 2.30. The fraction of sp³-hybridized carbons (Fsp3) is 0.333. The summed E-state index contributed by atoms with van der Waals surface area (Å²) in [5.41, 5.74) is 0.442. The normalized spacial score (nSPS) is 20.0. The van der Waals surface area contributed by atoms with Crippen LogP contribution < -0.4 is 10.1 Å². The molecule has 0 spiro atoms. The van der Waals surface area contributed by atoms with E-state index in [9.17, 15) is 23.5 Å². The monoisotopic (exact) mass is 404 g/mol. The molecule has 2 N–H and O–H groups in total. The molecule has 1 heterocycles. The Hall–Kier alpha value is -3.00. The molecule has 3 amide bonds. The Labute approximate surface area is 167 Å². The first-order chi connectivity index (χ1) is 13.6. The van der Waals surface area contributed by atoms with Crippen molar-refractivity contribution >= 4 is 11.9 Å². The lowest BCUT2D eigenvalue weighted by atomic mass is 9.92. The summed E-state index contributed by atoms with van der Waals surface area (Å²) in [6.45, 7) is 4.76. The highest BCUT2D eigenvalue weighted by atomic mass is 19.2. The summed E-state index contributed by atoms with van der Waals surface area (Å²) in [6, 6.07) is 7.93. The SMILES string of the molecule is Cc1ccc(C)c(OC[C@H](O)CN2C(=O)N[C@](C)(c3ccc(F)c(F)c3)C2=O)c1. The van der Waals surface area contributed by atoms with E-state index in [-0.39, 0.29) is 18.7 Å². The van der Waals surface area contributed by atoms with Gasteiger partial charge in [0.1, 0.15) is 24.0 Å². The Morgan fingerprint density at radius 1 is 1.14 bits per heavy atom. The van der Waals surface area contributed by atoms with Gasteiger partial charge in [-0.3, -0.25) is 9.69 Å². The lowest BCUT2D eigenvalue weighted by molar-refractivity contribution is -0.132. The number of imide groups is 1. The molecule has 8 heteroatoms. The zero-order valence-corrected chi connectivity index (χ0v) is 16.3. The third kappa shape index (κ3) is 4.07. The number of hydrogen-bond donors (Lipinski definition) is 2. The maximum absolute atomic E-state index is 13.6. The van der Waals surface area contributed by atoms with E-state index in [4.69, 9.17) is 4.74 Å². The van der Waals surface area contributed by atoms with E-state index in [2.05, 4.69) is 5.32 Å². The van der Waals surface area contributed by atoms with Crippen molar-refractivity contribution in [1.29, 1.82) is 0 Å². The number of nitrogens with one attached hydrogen (secondary N) is 1. The molecule has 154 valence electrons. The van der Waals surface area contributed by atoms with E-state index < -0.39 is 35.2 Å². The van der Waals surface area contributed by atoms with Crippen LogP contribution in [0.5, 0.6) is 5.75 Å². The molecule has 0 unspecified atom stereocenters. The van der Waals surface area contributed by atoms with Crippen LogP contribution in [0, 0.1) is 25.5 Å². The number of aliphatic hydroxyl groups excluding tert-OH is 1. The Morgan fingerprint density at radius 2 is 1.86 bits per heavy atom. The number of nitrogens with zero attached hydrogens (tertiary/aromatic N) is 1. The summed E-state index contributed by atoms with van der Waals surface area (Å²) >= 11 is 0. The molecule has 1 fully saturated rings. The quantitative estimate of drug-likeness (QED) is 0.726. The van der Waals surface area contributed by atoms with Crippen LogP contribution in [0.25, 0.3) is 0 Å². The maximum Gasteiger partial charge on any atom is 0.325 e. The van der Waals surface area contributed by atoms with E-state index in [1.165, 1.54) is 13.0 Å². The number of β-amino-alcohol motifs (C(OH)–C–C–N with tert-alkyl or cyclic N) is 1. The van der Waals surface area contributed by atoms with Crippen LogP contribution in [0.15, 0.2) is 36.4 Å². The van der Waals surface area contributed by atoms with Crippen molar-refractivity contribution < 1.29 is 28.2 Å². The minimum absolute atomic E-state index is 0.110. The summed E-state index contributed by atoms with van der Waals surface area (Å²) in [5, 5.41) is 12.8. The van der Waals surface area contributed by atoms with Crippen LogP contribution in [0.3, 0.4) is 0 Å².